The molecule has 0 heterocycles. The number of nitrogens with zero attached hydrogens (tertiary/aromatic N) is 3. The Balaban J connectivity index is 0.000000535. The van der Waals surface area contributed by atoms with Crippen molar-refractivity contribution in [3.8, 4) is 11.8 Å². The second-order valence-electron chi connectivity index (χ2n) is 5.53. The summed E-state index contributed by atoms with van der Waals surface area (Å²) in [6.07, 6.45) is 0. The maximum atomic E-state index is 10.6. The Hall–Kier alpha value is -3.16. The predicted molar refractivity (Wildman–Crippen MR) is 115 cm³/mol. The van der Waals surface area contributed by atoms with Gasteiger partial charge in [0.25, 0.3) is 11.4 Å². The highest BCUT2D eigenvalue weighted by Crippen LogP contribution is 2.24. The molecule has 0 aliphatic carbocycles. The van der Waals surface area contributed by atoms with Gasteiger partial charge in [-0.3, -0.25) is 25.1 Å². The van der Waals surface area contributed by atoms with Gasteiger partial charge in [-0.1, -0.05) is 35.2 Å². The first kappa shape index (κ1) is 24.8. The van der Waals surface area contributed by atoms with Crippen LogP contribution in [0.1, 0.15) is 13.0 Å². The van der Waals surface area contributed by atoms with E-state index in [4.69, 9.17) is 11.5 Å². The van der Waals surface area contributed by atoms with Crippen molar-refractivity contribution in [1.82, 2.24) is 4.90 Å². The van der Waals surface area contributed by atoms with Crippen molar-refractivity contribution < 1.29 is 9.85 Å². The second kappa shape index (κ2) is 11.5. The number of rotatable bonds is 3. The van der Waals surface area contributed by atoms with E-state index >= 15 is 0 Å². The molecule has 0 aromatic heterocycles. The van der Waals surface area contributed by atoms with Crippen LogP contribution in [-0.2, 0) is 0 Å². The maximum Gasteiger partial charge on any atom is 0.293 e. The van der Waals surface area contributed by atoms with Crippen LogP contribution >= 0.6 is 15.9 Å². The van der Waals surface area contributed by atoms with E-state index < -0.39 is 9.85 Å². The van der Waals surface area contributed by atoms with Gasteiger partial charge >= 0.3 is 0 Å². The molecule has 2 aromatic rings. The Labute approximate surface area is 171 Å². The Morgan fingerprint density at radius 1 is 1.00 bits per heavy atom. The molecule has 0 aliphatic heterocycles. The van der Waals surface area contributed by atoms with Gasteiger partial charge in [0.15, 0.2) is 0 Å². The summed E-state index contributed by atoms with van der Waals surface area (Å²) in [5.41, 5.74) is 11.6. The summed E-state index contributed by atoms with van der Waals surface area (Å²) in [5, 5.41) is 20.9. The molecule has 0 saturated carbocycles. The topological polar surface area (TPSA) is 142 Å². The SMILES string of the molecule is C.CN(C)CC#Cc1ccc(N)c([N+](=O)[O-])c1.Nc1ccc(Br)cc1[N+](=O)[O-]. The molecule has 0 fully saturated rings. The minimum Gasteiger partial charge on any atom is -0.393 e. The summed E-state index contributed by atoms with van der Waals surface area (Å²) in [6, 6.07) is 9.07. The number of anilines is 2. The number of halogens is 1. The normalized spacial score (nSPS) is 9.29. The monoisotopic (exact) mass is 451 g/mol. The Morgan fingerprint density at radius 2 is 1.50 bits per heavy atom. The summed E-state index contributed by atoms with van der Waals surface area (Å²) in [5.74, 6) is 5.75. The van der Waals surface area contributed by atoms with E-state index in [9.17, 15) is 20.2 Å². The fourth-order valence-electron chi connectivity index (χ4n) is 1.75. The number of hydrogen-bond donors (Lipinski definition) is 2. The first-order chi connectivity index (χ1) is 12.6. The summed E-state index contributed by atoms with van der Waals surface area (Å²) in [6.45, 7) is 0.609. The van der Waals surface area contributed by atoms with Crippen LogP contribution < -0.4 is 11.5 Å². The molecule has 0 spiro atoms. The van der Waals surface area contributed by atoms with Crippen LogP contribution in [0.25, 0.3) is 0 Å². The van der Waals surface area contributed by atoms with Crippen molar-refractivity contribution in [3.63, 3.8) is 0 Å². The number of hydrogen-bond acceptors (Lipinski definition) is 7. The molecule has 4 N–H and O–H groups in total. The molecule has 0 saturated heterocycles. The van der Waals surface area contributed by atoms with Gasteiger partial charge in [-0.25, -0.2) is 0 Å². The quantitative estimate of drug-likeness (QED) is 0.313. The maximum absolute atomic E-state index is 10.6. The molecule has 2 rings (SSSR count). The Bertz CT molecular complexity index is 907. The number of nitro groups is 2. The zero-order valence-electron chi connectivity index (χ0n) is 14.7. The minimum atomic E-state index is -0.514. The second-order valence-corrected chi connectivity index (χ2v) is 6.45. The van der Waals surface area contributed by atoms with E-state index in [2.05, 4.69) is 27.8 Å². The van der Waals surface area contributed by atoms with E-state index in [1.807, 2.05) is 19.0 Å². The number of nitrogens with two attached hydrogens (primary N) is 2. The third-order valence-electron chi connectivity index (χ3n) is 3.04. The molecule has 0 atom stereocenters. The molecule has 0 radical (unpaired) electrons. The van der Waals surface area contributed by atoms with E-state index in [0.717, 1.165) is 0 Å². The average Bonchev–Trinajstić information content (AvgIpc) is 2.58. The standard InChI is InChI=1S/C11H13N3O2.C6H5BrN2O2.CH4/c1-13(2)7-3-4-9-5-6-10(12)11(8-9)14(15)16;7-4-1-2-5(8)6(3-4)9(10)11;/h5-6,8H,7,12H2,1-2H3;1-3H,8H2;1H4. The van der Waals surface area contributed by atoms with E-state index in [0.29, 0.717) is 16.6 Å². The van der Waals surface area contributed by atoms with E-state index in [1.165, 1.54) is 24.3 Å². The molecule has 10 heteroatoms. The molecule has 28 heavy (non-hydrogen) atoms. The zero-order chi connectivity index (χ0) is 20.6. The number of nitro benzene ring substituents is 2. The van der Waals surface area contributed by atoms with Crippen molar-refractivity contribution in [2.75, 3.05) is 32.1 Å². The van der Waals surface area contributed by atoms with Gasteiger partial charge in [-0.15, -0.1) is 0 Å². The largest absolute Gasteiger partial charge is 0.393 e. The molecule has 0 amide bonds. The van der Waals surface area contributed by atoms with E-state index in [-0.39, 0.29) is 30.2 Å². The fraction of sp³-hybridized carbons (Fsp3) is 0.222. The molecule has 150 valence electrons. The summed E-state index contributed by atoms with van der Waals surface area (Å²) in [4.78, 5) is 21.8. The van der Waals surface area contributed by atoms with Gasteiger partial charge in [-0.05, 0) is 38.4 Å². The smallest absolute Gasteiger partial charge is 0.293 e. The number of benzene rings is 2. The van der Waals surface area contributed by atoms with Gasteiger partial charge in [0.2, 0.25) is 0 Å². The van der Waals surface area contributed by atoms with Gasteiger partial charge in [0.1, 0.15) is 11.4 Å². The average molecular weight is 452 g/mol. The van der Waals surface area contributed by atoms with Crippen LogP contribution in [0, 0.1) is 32.1 Å². The van der Waals surface area contributed by atoms with Crippen LogP contribution in [0.2, 0.25) is 0 Å². The van der Waals surface area contributed by atoms with Crippen LogP contribution in [0.3, 0.4) is 0 Å². The van der Waals surface area contributed by atoms with Gasteiger partial charge < -0.3 is 11.5 Å². The van der Waals surface area contributed by atoms with Gasteiger partial charge in [-0.2, -0.15) is 0 Å². The number of nitrogen functional groups attached to an aromatic ring is 2. The highest BCUT2D eigenvalue weighted by Gasteiger charge is 2.11. The highest BCUT2D eigenvalue weighted by atomic mass is 79.9. The lowest BCUT2D eigenvalue weighted by Gasteiger charge is -2.01. The molecule has 9 nitrogen and oxygen atoms in total. The lowest BCUT2D eigenvalue weighted by atomic mass is 10.2. The summed E-state index contributed by atoms with van der Waals surface area (Å²) < 4.78 is 0.651. The lowest BCUT2D eigenvalue weighted by Crippen LogP contribution is -2.10. The lowest BCUT2D eigenvalue weighted by molar-refractivity contribution is -0.384. The fourth-order valence-corrected chi connectivity index (χ4v) is 2.10. The van der Waals surface area contributed by atoms with Crippen molar-refractivity contribution in [2.24, 2.45) is 0 Å². The summed E-state index contributed by atoms with van der Waals surface area (Å²) in [7, 11) is 3.81. The predicted octanol–water partition coefficient (Wildman–Crippen LogP) is 3.67. The third kappa shape index (κ3) is 8.03. The van der Waals surface area contributed by atoms with E-state index in [1.54, 1.807) is 12.1 Å². The molecule has 0 unspecified atom stereocenters. The highest BCUT2D eigenvalue weighted by molar-refractivity contribution is 9.10. The Morgan fingerprint density at radius 3 is 1.96 bits per heavy atom. The minimum absolute atomic E-state index is 0. The molecule has 0 aliphatic rings. The first-order valence-electron chi connectivity index (χ1n) is 7.48. The van der Waals surface area contributed by atoms with Gasteiger partial charge in [0.05, 0.1) is 16.4 Å². The summed E-state index contributed by atoms with van der Waals surface area (Å²) >= 11 is 3.10. The van der Waals surface area contributed by atoms with Gasteiger partial charge in [0, 0.05) is 22.2 Å². The van der Waals surface area contributed by atoms with Crippen LogP contribution in [0.15, 0.2) is 40.9 Å². The third-order valence-corrected chi connectivity index (χ3v) is 3.54. The molecular weight excluding hydrogens is 430 g/mol. The van der Waals surface area contributed by atoms with Crippen molar-refractivity contribution in [3.05, 3.63) is 66.7 Å². The molecular formula is C18H22BrN5O4. The van der Waals surface area contributed by atoms with Crippen LogP contribution in [-0.4, -0.2) is 35.4 Å². The zero-order valence-corrected chi connectivity index (χ0v) is 16.3. The molecule has 0 bridgehead atoms. The van der Waals surface area contributed by atoms with Crippen molar-refractivity contribution in [2.45, 2.75) is 7.43 Å². The van der Waals surface area contributed by atoms with Crippen molar-refractivity contribution in [1.29, 1.82) is 0 Å². The molecule has 2 aromatic carbocycles. The van der Waals surface area contributed by atoms with Crippen molar-refractivity contribution >= 4 is 38.7 Å². The first-order valence-corrected chi connectivity index (χ1v) is 8.28. The Kier molecular flexibility index (Phi) is 10.2. The van der Waals surface area contributed by atoms with Crippen LogP contribution in [0.5, 0.6) is 0 Å². The van der Waals surface area contributed by atoms with Crippen LogP contribution in [0.4, 0.5) is 22.7 Å².